The normalized spacial score (nSPS) is 14.9. The average molecular weight is 379 g/mol. The average Bonchev–Trinajstić information content (AvgIpc) is 2.77. The number of rotatable bonds is 6. The fourth-order valence-electron chi connectivity index (χ4n) is 3.42. The predicted molar refractivity (Wildman–Crippen MR) is 109 cm³/mol. The summed E-state index contributed by atoms with van der Waals surface area (Å²) in [5, 5.41) is 0. The number of para-hydroxylation sites is 1. The highest BCUT2D eigenvalue weighted by Crippen LogP contribution is 2.24. The predicted octanol–water partition coefficient (Wildman–Crippen LogP) is 3.84. The summed E-state index contributed by atoms with van der Waals surface area (Å²) < 4.78 is 10.4. The minimum Gasteiger partial charge on any atom is -0.497 e. The van der Waals surface area contributed by atoms with E-state index < -0.39 is 0 Å². The van der Waals surface area contributed by atoms with Gasteiger partial charge in [-0.15, -0.1) is 0 Å². The number of Topliss-reactive ketones (excluding diaryl/α,β-unsaturated/α-hetero) is 1. The van der Waals surface area contributed by atoms with Crippen LogP contribution in [0.1, 0.15) is 28.8 Å². The minimum absolute atomic E-state index is 0.0405. The summed E-state index contributed by atoms with van der Waals surface area (Å²) >= 11 is 0. The van der Waals surface area contributed by atoms with E-state index in [9.17, 15) is 9.59 Å². The van der Waals surface area contributed by atoms with E-state index in [-0.39, 0.29) is 17.6 Å². The summed E-state index contributed by atoms with van der Waals surface area (Å²) in [7, 11) is 3.21. The molecule has 0 atom stereocenters. The van der Waals surface area contributed by atoms with Crippen molar-refractivity contribution in [2.45, 2.75) is 12.8 Å². The number of ether oxygens (including phenoxy) is 2. The molecule has 0 aliphatic carbocycles. The van der Waals surface area contributed by atoms with E-state index in [1.807, 2.05) is 24.3 Å². The van der Waals surface area contributed by atoms with Crippen LogP contribution >= 0.6 is 0 Å². The molecule has 1 aliphatic rings. The van der Waals surface area contributed by atoms with Crippen molar-refractivity contribution in [3.63, 3.8) is 0 Å². The van der Waals surface area contributed by atoms with Gasteiger partial charge in [-0.25, -0.2) is 0 Å². The number of carbonyl (C=O) groups is 2. The zero-order chi connectivity index (χ0) is 19.9. The lowest BCUT2D eigenvalue weighted by Gasteiger charge is -2.30. The number of ketones is 1. The largest absolute Gasteiger partial charge is 0.497 e. The second-order valence-corrected chi connectivity index (χ2v) is 6.77. The first kappa shape index (κ1) is 19.7. The van der Waals surface area contributed by atoms with Gasteiger partial charge in [0.25, 0.3) is 0 Å². The number of amides is 1. The number of hydrogen-bond donors (Lipinski definition) is 0. The molecule has 1 fully saturated rings. The summed E-state index contributed by atoms with van der Waals surface area (Å²) in [6.45, 7) is 1.17. The van der Waals surface area contributed by atoms with E-state index in [4.69, 9.17) is 9.47 Å². The third-order valence-corrected chi connectivity index (χ3v) is 5.10. The quantitative estimate of drug-likeness (QED) is 0.565. The van der Waals surface area contributed by atoms with Crippen molar-refractivity contribution in [3.05, 3.63) is 65.7 Å². The third-order valence-electron chi connectivity index (χ3n) is 5.10. The summed E-state index contributed by atoms with van der Waals surface area (Å²) in [5.74, 6) is 1.52. The van der Waals surface area contributed by atoms with Crippen molar-refractivity contribution in [2.24, 2.45) is 5.92 Å². The zero-order valence-electron chi connectivity index (χ0n) is 16.3. The molecule has 28 heavy (non-hydrogen) atoms. The van der Waals surface area contributed by atoms with E-state index in [1.54, 1.807) is 55.5 Å². The molecule has 1 aliphatic heterocycles. The van der Waals surface area contributed by atoms with Crippen LogP contribution in [0.15, 0.2) is 54.6 Å². The highest BCUT2D eigenvalue weighted by atomic mass is 16.5. The van der Waals surface area contributed by atoms with E-state index >= 15 is 0 Å². The first-order valence-electron chi connectivity index (χ1n) is 9.40. The maximum absolute atomic E-state index is 12.7. The highest BCUT2D eigenvalue weighted by Gasteiger charge is 2.27. The van der Waals surface area contributed by atoms with E-state index in [0.29, 0.717) is 31.5 Å². The molecule has 1 saturated heterocycles. The molecule has 146 valence electrons. The number of hydrogen-bond acceptors (Lipinski definition) is 4. The molecule has 0 saturated carbocycles. The molecular formula is C23H25NO4. The molecule has 0 aromatic heterocycles. The number of likely N-dealkylation sites (tertiary alicyclic amines) is 1. The Morgan fingerprint density at radius 2 is 1.64 bits per heavy atom. The number of carbonyl (C=O) groups excluding carboxylic acids is 2. The SMILES string of the molecule is COc1ccc(C(=O)C2CCN(C(=O)C=Cc3ccccc3OC)CC2)cc1. The van der Waals surface area contributed by atoms with Crippen LogP contribution in [0.5, 0.6) is 11.5 Å². The zero-order valence-corrected chi connectivity index (χ0v) is 16.3. The maximum atomic E-state index is 12.7. The van der Waals surface area contributed by atoms with Crippen LogP contribution in [-0.2, 0) is 4.79 Å². The monoisotopic (exact) mass is 379 g/mol. The number of nitrogens with zero attached hydrogens (tertiary/aromatic N) is 1. The van der Waals surface area contributed by atoms with Gasteiger partial charge >= 0.3 is 0 Å². The molecule has 0 bridgehead atoms. The Hall–Kier alpha value is -3.08. The van der Waals surface area contributed by atoms with Crippen LogP contribution in [0, 0.1) is 5.92 Å². The molecule has 5 heteroatoms. The van der Waals surface area contributed by atoms with E-state index in [1.165, 1.54) is 0 Å². The van der Waals surface area contributed by atoms with E-state index in [2.05, 4.69) is 0 Å². The van der Waals surface area contributed by atoms with Gasteiger partial charge in [0.15, 0.2) is 5.78 Å². The van der Waals surface area contributed by atoms with E-state index in [0.717, 1.165) is 17.1 Å². The van der Waals surface area contributed by atoms with Gasteiger partial charge in [0, 0.05) is 36.2 Å². The summed E-state index contributed by atoms with van der Waals surface area (Å²) in [6, 6.07) is 14.8. The van der Waals surface area contributed by atoms with Crippen molar-refractivity contribution >= 4 is 17.8 Å². The molecule has 2 aromatic carbocycles. The molecule has 3 rings (SSSR count). The van der Waals surface area contributed by atoms with Crippen LogP contribution in [0.25, 0.3) is 6.08 Å². The Kier molecular flexibility index (Phi) is 6.48. The van der Waals surface area contributed by atoms with Crippen LogP contribution in [0.2, 0.25) is 0 Å². The Morgan fingerprint density at radius 3 is 2.29 bits per heavy atom. The molecule has 5 nitrogen and oxygen atoms in total. The van der Waals surface area contributed by atoms with Gasteiger partial charge in [-0.05, 0) is 49.2 Å². The summed E-state index contributed by atoms with van der Waals surface area (Å²) in [4.78, 5) is 27.0. The standard InChI is InChI=1S/C23H25NO4/c1-27-20-10-7-18(8-11-20)23(26)19-13-15-24(16-14-19)22(25)12-9-17-5-3-4-6-21(17)28-2/h3-12,19H,13-16H2,1-2H3. The van der Waals surface area contributed by atoms with Crippen molar-refractivity contribution in [1.82, 2.24) is 4.90 Å². The fourth-order valence-corrected chi connectivity index (χ4v) is 3.42. The second-order valence-electron chi connectivity index (χ2n) is 6.77. The Morgan fingerprint density at radius 1 is 0.964 bits per heavy atom. The van der Waals surface area contributed by atoms with Crippen LogP contribution in [0.3, 0.4) is 0 Å². The van der Waals surface area contributed by atoms with Gasteiger partial charge in [0.05, 0.1) is 14.2 Å². The first-order chi connectivity index (χ1) is 13.6. The van der Waals surface area contributed by atoms with Crippen molar-refractivity contribution < 1.29 is 19.1 Å². The fraction of sp³-hybridized carbons (Fsp3) is 0.304. The molecular weight excluding hydrogens is 354 g/mol. The van der Waals surface area contributed by atoms with Gasteiger partial charge in [0.2, 0.25) is 5.91 Å². The smallest absolute Gasteiger partial charge is 0.246 e. The Balaban J connectivity index is 1.56. The lowest BCUT2D eigenvalue weighted by Crippen LogP contribution is -2.39. The molecule has 0 unspecified atom stereocenters. The first-order valence-corrected chi connectivity index (χ1v) is 9.40. The third kappa shape index (κ3) is 4.60. The van der Waals surface area contributed by atoms with Crippen molar-refractivity contribution in [2.75, 3.05) is 27.3 Å². The van der Waals surface area contributed by atoms with Gasteiger partial charge in [-0.1, -0.05) is 18.2 Å². The molecule has 1 amide bonds. The molecule has 0 spiro atoms. The number of benzene rings is 2. The highest BCUT2D eigenvalue weighted by molar-refractivity contribution is 5.98. The maximum Gasteiger partial charge on any atom is 0.246 e. The van der Waals surface area contributed by atoms with Crippen LogP contribution in [0.4, 0.5) is 0 Å². The summed E-state index contributed by atoms with van der Waals surface area (Å²) in [6.07, 6.45) is 4.71. The van der Waals surface area contributed by atoms with Crippen molar-refractivity contribution in [1.29, 1.82) is 0 Å². The topological polar surface area (TPSA) is 55.8 Å². The summed E-state index contributed by atoms with van der Waals surface area (Å²) in [5.41, 5.74) is 1.56. The lowest BCUT2D eigenvalue weighted by atomic mass is 9.89. The molecule has 0 radical (unpaired) electrons. The van der Waals surface area contributed by atoms with Gasteiger partial charge < -0.3 is 14.4 Å². The van der Waals surface area contributed by atoms with Crippen LogP contribution < -0.4 is 9.47 Å². The number of methoxy groups -OCH3 is 2. The minimum atomic E-state index is -0.0457. The Bertz CT molecular complexity index is 849. The Labute approximate surface area is 165 Å². The number of piperidine rings is 1. The van der Waals surface area contributed by atoms with Gasteiger partial charge in [-0.2, -0.15) is 0 Å². The van der Waals surface area contributed by atoms with Gasteiger partial charge in [-0.3, -0.25) is 9.59 Å². The molecule has 1 heterocycles. The lowest BCUT2D eigenvalue weighted by molar-refractivity contribution is -0.127. The molecule has 2 aromatic rings. The molecule has 0 N–H and O–H groups in total. The second kappa shape index (κ2) is 9.22. The van der Waals surface area contributed by atoms with Crippen LogP contribution in [-0.4, -0.2) is 43.9 Å². The van der Waals surface area contributed by atoms with Gasteiger partial charge in [0.1, 0.15) is 11.5 Å². The van der Waals surface area contributed by atoms with Crippen molar-refractivity contribution in [3.8, 4) is 11.5 Å².